The maximum atomic E-state index is 11.2. The number of carboxylic acids is 1. The molecule has 0 spiro atoms. The molecule has 20 heavy (non-hydrogen) atoms. The van der Waals surface area contributed by atoms with Gasteiger partial charge in [-0.1, -0.05) is 6.42 Å². The molecule has 0 aromatic rings. The number of hydrogen-bond donors (Lipinski definition) is 2. The fraction of sp³-hybridized carbons (Fsp3) is 0.938. The summed E-state index contributed by atoms with van der Waals surface area (Å²) in [5.74, 6) is 2.13. The van der Waals surface area contributed by atoms with E-state index in [0.29, 0.717) is 6.42 Å². The van der Waals surface area contributed by atoms with Gasteiger partial charge in [-0.05, 0) is 77.4 Å². The van der Waals surface area contributed by atoms with Crippen LogP contribution < -0.4 is 5.32 Å². The van der Waals surface area contributed by atoms with Crippen LogP contribution in [0.3, 0.4) is 0 Å². The third kappa shape index (κ3) is 3.53. The predicted molar refractivity (Wildman–Crippen MR) is 80.8 cm³/mol. The van der Waals surface area contributed by atoms with E-state index in [4.69, 9.17) is 0 Å². The van der Waals surface area contributed by atoms with Gasteiger partial charge in [0.2, 0.25) is 0 Å². The summed E-state index contributed by atoms with van der Waals surface area (Å²) in [4.78, 5) is 13.6. The van der Waals surface area contributed by atoms with E-state index in [1.807, 2.05) is 0 Å². The molecule has 2 saturated carbocycles. The van der Waals surface area contributed by atoms with E-state index in [9.17, 15) is 9.90 Å². The molecule has 0 aromatic heterocycles. The standard InChI is InChI=1S/C16H30N2O2/c1-16(17-2,15(19)20)7-4-8-18(3)11-14-10-12-5-6-13(14)9-12/h12-14,17H,4-11H2,1-3H3,(H,19,20). The van der Waals surface area contributed by atoms with Gasteiger partial charge in [-0.2, -0.15) is 0 Å². The molecule has 2 aliphatic rings. The summed E-state index contributed by atoms with van der Waals surface area (Å²) >= 11 is 0. The summed E-state index contributed by atoms with van der Waals surface area (Å²) in [5.41, 5.74) is -0.784. The molecule has 116 valence electrons. The van der Waals surface area contributed by atoms with Crippen LogP contribution in [0.15, 0.2) is 0 Å². The first kappa shape index (κ1) is 15.8. The van der Waals surface area contributed by atoms with E-state index in [2.05, 4.69) is 17.3 Å². The third-order valence-corrected chi connectivity index (χ3v) is 5.67. The maximum absolute atomic E-state index is 11.2. The van der Waals surface area contributed by atoms with Gasteiger partial charge >= 0.3 is 5.97 Å². The van der Waals surface area contributed by atoms with Crippen molar-refractivity contribution in [1.29, 1.82) is 0 Å². The van der Waals surface area contributed by atoms with Crippen molar-refractivity contribution in [2.45, 2.75) is 51.0 Å². The van der Waals surface area contributed by atoms with E-state index < -0.39 is 11.5 Å². The van der Waals surface area contributed by atoms with E-state index in [0.717, 1.165) is 30.7 Å². The molecule has 0 aromatic carbocycles. The van der Waals surface area contributed by atoms with Crippen LogP contribution >= 0.6 is 0 Å². The second-order valence-electron chi connectivity index (χ2n) is 7.19. The Balaban J connectivity index is 1.68. The Hall–Kier alpha value is -0.610. The quantitative estimate of drug-likeness (QED) is 0.716. The van der Waals surface area contributed by atoms with Crippen molar-refractivity contribution < 1.29 is 9.90 Å². The second-order valence-corrected chi connectivity index (χ2v) is 7.19. The van der Waals surface area contributed by atoms with Crippen molar-refractivity contribution in [2.24, 2.45) is 17.8 Å². The summed E-state index contributed by atoms with van der Waals surface area (Å²) in [5, 5.41) is 12.2. The number of aliphatic carboxylic acids is 1. The fourth-order valence-corrected chi connectivity index (χ4v) is 4.13. The molecule has 4 atom stereocenters. The SMILES string of the molecule is CNC(C)(CCCN(C)CC1CC2CCC1C2)C(=O)O. The van der Waals surface area contributed by atoms with Crippen molar-refractivity contribution in [1.82, 2.24) is 10.2 Å². The minimum atomic E-state index is -0.784. The molecule has 0 amide bonds. The zero-order valence-electron chi connectivity index (χ0n) is 13.2. The number of rotatable bonds is 8. The summed E-state index contributed by atoms with van der Waals surface area (Å²) < 4.78 is 0. The highest BCUT2D eigenvalue weighted by Gasteiger charge is 2.39. The topological polar surface area (TPSA) is 52.6 Å². The van der Waals surface area contributed by atoms with Crippen LogP contribution in [0.4, 0.5) is 0 Å². The summed E-state index contributed by atoms with van der Waals surface area (Å²) in [7, 11) is 3.91. The molecule has 4 nitrogen and oxygen atoms in total. The average molecular weight is 282 g/mol. The van der Waals surface area contributed by atoms with E-state index >= 15 is 0 Å². The van der Waals surface area contributed by atoms with Crippen LogP contribution in [0.25, 0.3) is 0 Å². The lowest BCUT2D eigenvalue weighted by molar-refractivity contribution is -0.144. The van der Waals surface area contributed by atoms with Crippen LogP contribution in [-0.4, -0.2) is 48.7 Å². The Kier molecular flexibility index (Phi) is 5.08. The Labute approximate surface area is 122 Å². The first-order valence-corrected chi connectivity index (χ1v) is 8.05. The predicted octanol–water partition coefficient (Wildman–Crippen LogP) is 2.20. The zero-order valence-corrected chi connectivity index (χ0v) is 13.2. The highest BCUT2D eigenvalue weighted by molar-refractivity contribution is 5.78. The maximum Gasteiger partial charge on any atom is 0.323 e. The number of nitrogens with one attached hydrogen (secondary N) is 1. The van der Waals surface area contributed by atoms with Crippen LogP contribution in [0.5, 0.6) is 0 Å². The highest BCUT2D eigenvalue weighted by atomic mass is 16.4. The van der Waals surface area contributed by atoms with Gasteiger partial charge in [0.05, 0.1) is 0 Å². The van der Waals surface area contributed by atoms with Crippen molar-refractivity contribution >= 4 is 5.97 Å². The summed E-state index contributed by atoms with van der Waals surface area (Å²) in [6.07, 6.45) is 7.42. The van der Waals surface area contributed by atoms with E-state index in [1.54, 1.807) is 14.0 Å². The molecular formula is C16H30N2O2. The molecule has 2 bridgehead atoms. The Morgan fingerprint density at radius 2 is 2.15 bits per heavy atom. The number of hydrogen-bond acceptors (Lipinski definition) is 3. The molecule has 4 unspecified atom stereocenters. The lowest BCUT2D eigenvalue weighted by atomic mass is 9.88. The van der Waals surface area contributed by atoms with Gasteiger partial charge in [0, 0.05) is 6.54 Å². The minimum absolute atomic E-state index is 0.680. The lowest BCUT2D eigenvalue weighted by Gasteiger charge is -2.29. The van der Waals surface area contributed by atoms with Crippen LogP contribution in [0.1, 0.15) is 45.4 Å². The Bertz CT molecular complexity index is 347. The zero-order chi connectivity index (χ0) is 14.8. The van der Waals surface area contributed by atoms with Crippen LogP contribution in [0, 0.1) is 17.8 Å². The van der Waals surface area contributed by atoms with Crippen molar-refractivity contribution in [3.63, 3.8) is 0 Å². The number of likely N-dealkylation sites (N-methyl/N-ethyl adjacent to an activating group) is 1. The monoisotopic (exact) mass is 282 g/mol. The summed E-state index contributed by atoms with van der Waals surface area (Å²) in [6, 6.07) is 0. The van der Waals surface area contributed by atoms with E-state index in [-0.39, 0.29) is 0 Å². The molecule has 0 saturated heterocycles. The number of carboxylic acid groups (broad SMARTS) is 1. The smallest absolute Gasteiger partial charge is 0.323 e. The highest BCUT2D eigenvalue weighted by Crippen LogP contribution is 2.48. The molecule has 4 heteroatoms. The van der Waals surface area contributed by atoms with E-state index in [1.165, 1.54) is 32.2 Å². The number of carbonyl (C=O) groups is 1. The summed E-state index contributed by atoms with van der Waals surface area (Å²) in [6.45, 7) is 3.97. The van der Waals surface area contributed by atoms with Gasteiger partial charge in [-0.15, -0.1) is 0 Å². The minimum Gasteiger partial charge on any atom is -0.480 e. The van der Waals surface area contributed by atoms with Crippen LogP contribution in [-0.2, 0) is 4.79 Å². The fourth-order valence-electron chi connectivity index (χ4n) is 4.13. The second kappa shape index (κ2) is 6.44. The first-order valence-electron chi connectivity index (χ1n) is 8.05. The Morgan fingerprint density at radius 3 is 2.65 bits per heavy atom. The number of nitrogens with zero attached hydrogens (tertiary/aromatic N) is 1. The Morgan fingerprint density at radius 1 is 1.40 bits per heavy atom. The van der Waals surface area contributed by atoms with Gasteiger partial charge in [0.25, 0.3) is 0 Å². The molecule has 2 N–H and O–H groups in total. The average Bonchev–Trinajstić information content (AvgIpc) is 3.00. The third-order valence-electron chi connectivity index (χ3n) is 5.67. The first-order chi connectivity index (χ1) is 9.44. The van der Waals surface area contributed by atoms with Crippen molar-refractivity contribution in [3.05, 3.63) is 0 Å². The van der Waals surface area contributed by atoms with Crippen molar-refractivity contribution in [2.75, 3.05) is 27.2 Å². The lowest BCUT2D eigenvalue weighted by Crippen LogP contribution is -2.47. The van der Waals surface area contributed by atoms with Gasteiger partial charge in [0.15, 0.2) is 0 Å². The normalized spacial score (nSPS) is 31.7. The molecule has 2 fully saturated rings. The van der Waals surface area contributed by atoms with Gasteiger partial charge in [-0.25, -0.2) is 0 Å². The van der Waals surface area contributed by atoms with Crippen molar-refractivity contribution in [3.8, 4) is 0 Å². The molecule has 2 rings (SSSR count). The van der Waals surface area contributed by atoms with Gasteiger partial charge in [-0.3, -0.25) is 4.79 Å². The largest absolute Gasteiger partial charge is 0.480 e. The van der Waals surface area contributed by atoms with Gasteiger partial charge in [0.1, 0.15) is 5.54 Å². The molecule has 0 radical (unpaired) electrons. The van der Waals surface area contributed by atoms with Gasteiger partial charge < -0.3 is 15.3 Å². The molecular weight excluding hydrogens is 252 g/mol. The molecule has 0 heterocycles. The van der Waals surface area contributed by atoms with Crippen LogP contribution in [0.2, 0.25) is 0 Å². The molecule has 2 aliphatic carbocycles. The number of fused-ring (bicyclic) bond motifs is 2. The molecule has 0 aliphatic heterocycles.